The monoisotopic (exact) mass is 398 g/mol. The van der Waals surface area contributed by atoms with Crippen molar-refractivity contribution in [3.8, 4) is 0 Å². The predicted octanol–water partition coefficient (Wildman–Crippen LogP) is -0.498. The van der Waals surface area contributed by atoms with Gasteiger partial charge in [-0.3, -0.25) is 19.2 Å². The molecular formula is C18H22O10. The molecular weight excluding hydrogens is 376 g/mol. The number of rotatable bonds is 5. The van der Waals surface area contributed by atoms with Gasteiger partial charge in [0.15, 0.2) is 0 Å². The molecule has 0 aromatic rings. The van der Waals surface area contributed by atoms with Crippen LogP contribution in [0, 0.1) is 35.5 Å². The Morgan fingerprint density at radius 2 is 0.964 bits per heavy atom. The number of ether oxygens (including phenoxy) is 5. The Kier molecular flexibility index (Phi) is 6.42. The van der Waals surface area contributed by atoms with E-state index in [0.717, 1.165) is 35.5 Å². The molecule has 3 rings (SSSR count). The highest BCUT2D eigenvalue weighted by Crippen LogP contribution is 2.55. The average molecular weight is 398 g/mol. The SMILES string of the molecule is COC(=O)C1=CC2[C@@H](C(=O)OC)[C@@H](C(=O)OC)C1[C@@H](C(=O)OC)[C@H]2C(=O)OC. The van der Waals surface area contributed by atoms with Gasteiger partial charge in [-0.05, 0) is 0 Å². The van der Waals surface area contributed by atoms with Crippen molar-refractivity contribution in [1.29, 1.82) is 0 Å². The van der Waals surface area contributed by atoms with Crippen molar-refractivity contribution >= 4 is 29.8 Å². The van der Waals surface area contributed by atoms with Crippen molar-refractivity contribution in [3.63, 3.8) is 0 Å². The van der Waals surface area contributed by atoms with Gasteiger partial charge in [0.1, 0.15) is 0 Å². The quantitative estimate of drug-likeness (QED) is 0.441. The van der Waals surface area contributed by atoms with Crippen LogP contribution in [0.4, 0.5) is 0 Å². The summed E-state index contributed by atoms with van der Waals surface area (Å²) in [5, 5.41) is 0. The summed E-state index contributed by atoms with van der Waals surface area (Å²) < 4.78 is 24.0. The largest absolute Gasteiger partial charge is 0.469 e. The fourth-order valence-corrected chi connectivity index (χ4v) is 4.35. The molecule has 3 aliphatic rings. The highest BCUT2D eigenvalue weighted by molar-refractivity contribution is 5.97. The van der Waals surface area contributed by atoms with E-state index in [-0.39, 0.29) is 5.57 Å². The molecule has 3 aliphatic carbocycles. The van der Waals surface area contributed by atoms with Crippen molar-refractivity contribution in [2.75, 3.05) is 35.5 Å². The summed E-state index contributed by atoms with van der Waals surface area (Å²) in [6.45, 7) is 0. The van der Waals surface area contributed by atoms with E-state index in [9.17, 15) is 24.0 Å². The van der Waals surface area contributed by atoms with Gasteiger partial charge in [0.25, 0.3) is 0 Å². The maximum atomic E-state index is 12.6. The molecule has 10 nitrogen and oxygen atoms in total. The number of hydrogen-bond acceptors (Lipinski definition) is 10. The van der Waals surface area contributed by atoms with Crippen molar-refractivity contribution in [2.24, 2.45) is 35.5 Å². The molecule has 2 unspecified atom stereocenters. The van der Waals surface area contributed by atoms with Crippen LogP contribution in [-0.4, -0.2) is 65.4 Å². The number of carbonyl (C=O) groups is 5. The van der Waals surface area contributed by atoms with Gasteiger partial charge in [-0.15, -0.1) is 0 Å². The van der Waals surface area contributed by atoms with Crippen LogP contribution < -0.4 is 0 Å². The molecule has 0 spiro atoms. The van der Waals surface area contributed by atoms with E-state index < -0.39 is 65.4 Å². The smallest absolute Gasteiger partial charge is 0.333 e. The van der Waals surface area contributed by atoms with Gasteiger partial charge in [0, 0.05) is 17.4 Å². The van der Waals surface area contributed by atoms with Crippen molar-refractivity contribution in [2.45, 2.75) is 0 Å². The maximum Gasteiger partial charge on any atom is 0.333 e. The first-order valence-corrected chi connectivity index (χ1v) is 8.40. The molecule has 0 aromatic heterocycles. The van der Waals surface area contributed by atoms with Crippen LogP contribution in [0.3, 0.4) is 0 Å². The molecule has 0 heterocycles. The molecule has 10 heteroatoms. The van der Waals surface area contributed by atoms with E-state index >= 15 is 0 Å². The second kappa shape index (κ2) is 8.41. The summed E-state index contributed by atoms with van der Waals surface area (Å²) in [6.07, 6.45) is 1.37. The molecule has 2 bridgehead atoms. The lowest BCUT2D eigenvalue weighted by Gasteiger charge is -2.50. The van der Waals surface area contributed by atoms with Crippen LogP contribution in [-0.2, 0) is 47.7 Å². The van der Waals surface area contributed by atoms with E-state index in [1.165, 1.54) is 6.08 Å². The van der Waals surface area contributed by atoms with E-state index in [0.29, 0.717) is 0 Å². The Bertz CT molecular complexity index is 680. The van der Waals surface area contributed by atoms with Crippen molar-refractivity contribution in [3.05, 3.63) is 11.6 Å². The minimum atomic E-state index is -1.24. The normalized spacial score (nSPS) is 30.5. The average Bonchev–Trinajstić information content (AvgIpc) is 2.74. The summed E-state index contributed by atoms with van der Waals surface area (Å²) in [5.41, 5.74) is -0.00129. The van der Waals surface area contributed by atoms with Gasteiger partial charge >= 0.3 is 29.8 Å². The lowest BCUT2D eigenvalue weighted by atomic mass is 9.50. The minimum Gasteiger partial charge on any atom is -0.469 e. The van der Waals surface area contributed by atoms with Crippen molar-refractivity contribution in [1.82, 2.24) is 0 Å². The van der Waals surface area contributed by atoms with Gasteiger partial charge in [-0.25, -0.2) is 4.79 Å². The van der Waals surface area contributed by atoms with E-state index in [1.807, 2.05) is 0 Å². The molecule has 0 amide bonds. The van der Waals surface area contributed by atoms with Gasteiger partial charge < -0.3 is 23.7 Å². The van der Waals surface area contributed by atoms with Gasteiger partial charge in [-0.2, -0.15) is 0 Å². The molecule has 28 heavy (non-hydrogen) atoms. The van der Waals surface area contributed by atoms with E-state index in [2.05, 4.69) is 0 Å². The zero-order chi connectivity index (χ0) is 21.2. The lowest BCUT2D eigenvalue weighted by molar-refractivity contribution is -0.184. The van der Waals surface area contributed by atoms with Crippen LogP contribution in [0.5, 0.6) is 0 Å². The third kappa shape index (κ3) is 3.23. The van der Waals surface area contributed by atoms with Crippen LogP contribution in [0.15, 0.2) is 11.6 Å². The summed E-state index contributed by atoms with van der Waals surface area (Å²) in [4.78, 5) is 62.5. The Morgan fingerprint density at radius 3 is 1.29 bits per heavy atom. The third-order valence-corrected chi connectivity index (χ3v) is 5.42. The summed E-state index contributed by atoms with van der Waals surface area (Å²) >= 11 is 0. The zero-order valence-electron chi connectivity index (χ0n) is 16.1. The number of methoxy groups -OCH3 is 5. The molecule has 0 radical (unpaired) electrons. The molecule has 0 aliphatic heterocycles. The van der Waals surface area contributed by atoms with Gasteiger partial charge in [-0.1, -0.05) is 6.08 Å². The molecule has 0 saturated heterocycles. The molecule has 6 atom stereocenters. The number of esters is 5. The molecule has 1 saturated carbocycles. The maximum absolute atomic E-state index is 12.6. The zero-order valence-corrected chi connectivity index (χ0v) is 16.1. The van der Waals surface area contributed by atoms with Gasteiger partial charge in [0.05, 0.1) is 59.2 Å². The summed E-state index contributed by atoms with van der Waals surface area (Å²) in [6, 6.07) is 0. The Morgan fingerprint density at radius 1 is 0.607 bits per heavy atom. The van der Waals surface area contributed by atoms with Crippen LogP contribution in [0.25, 0.3) is 0 Å². The number of carbonyl (C=O) groups excluding carboxylic acids is 5. The first kappa shape index (κ1) is 21.4. The van der Waals surface area contributed by atoms with E-state index in [1.54, 1.807) is 0 Å². The lowest BCUT2D eigenvalue weighted by Crippen LogP contribution is -2.60. The second-order valence-electron chi connectivity index (χ2n) is 6.41. The highest BCUT2D eigenvalue weighted by Gasteiger charge is 2.65. The minimum absolute atomic E-state index is 0.00129. The number of hydrogen-bond donors (Lipinski definition) is 0. The first-order valence-electron chi connectivity index (χ1n) is 8.40. The second-order valence-corrected chi connectivity index (χ2v) is 6.41. The Labute approximate surface area is 161 Å². The van der Waals surface area contributed by atoms with Crippen LogP contribution in [0.2, 0.25) is 0 Å². The molecule has 1 fully saturated rings. The number of fused-ring (bicyclic) bond motifs is 2. The van der Waals surface area contributed by atoms with E-state index in [4.69, 9.17) is 23.7 Å². The summed E-state index contributed by atoms with van der Waals surface area (Å²) in [5.74, 6) is -11.0. The topological polar surface area (TPSA) is 132 Å². The third-order valence-electron chi connectivity index (χ3n) is 5.42. The van der Waals surface area contributed by atoms with Crippen LogP contribution in [0.1, 0.15) is 0 Å². The first-order chi connectivity index (χ1) is 13.3. The fourth-order valence-electron chi connectivity index (χ4n) is 4.35. The molecule has 154 valence electrons. The molecule has 0 N–H and O–H groups in total. The number of allylic oxidation sites excluding steroid dienone is 1. The summed E-state index contributed by atoms with van der Waals surface area (Å²) in [7, 11) is 5.64. The standard InChI is InChI=1S/C18H22O10/c1-24-14(19)8-6-7-10(15(20)25-2)12(17(22)27-4)9(8)13(18(23)28-5)11(7)16(21)26-3/h6-7,9-13H,1-5H3/t7?,9?,10-,11+,12+,13-. The van der Waals surface area contributed by atoms with Crippen LogP contribution >= 0.6 is 0 Å². The Balaban J connectivity index is 2.77. The van der Waals surface area contributed by atoms with Gasteiger partial charge in [0.2, 0.25) is 0 Å². The fraction of sp³-hybridized carbons (Fsp3) is 0.611. The predicted molar refractivity (Wildman–Crippen MR) is 89.1 cm³/mol. The molecule has 0 aromatic carbocycles. The highest BCUT2D eigenvalue weighted by atomic mass is 16.5. The Hall–Kier alpha value is -2.91. The van der Waals surface area contributed by atoms with Crippen molar-refractivity contribution < 1.29 is 47.7 Å².